The number of carboxylic acid groups (broad SMARTS) is 1. The number of aromatic hydroxyl groups is 2. The summed E-state index contributed by atoms with van der Waals surface area (Å²) in [5, 5.41) is 32.8. The van der Waals surface area contributed by atoms with Crippen LogP contribution in [0, 0.1) is 0 Å². The summed E-state index contributed by atoms with van der Waals surface area (Å²) in [5.41, 5.74) is 1.30. The standard InChI is InChI=1S/C21H18N2O6/c1-10(13-8-16(22-11(2)24)20(26)17(9-13)29-3)15-7-5-12-4-6-14(21(27)28)19(25)18(12)23-15/h4-9,25-26H,1H2,2-3H3,(H,22,24)(H,27,28). The molecule has 3 rings (SSSR count). The summed E-state index contributed by atoms with van der Waals surface area (Å²) in [4.78, 5) is 27.0. The summed E-state index contributed by atoms with van der Waals surface area (Å²) >= 11 is 0. The summed E-state index contributed by atoms with van der Waals surface area (Å²) in [6.07, 6.45) is 0. The van der Waals surface area contributed by atoms with Crippen LogP contribution in [0.2, 0.25) is 0 Å². The topological polar surface area (TPSA) is 129 Å². The maximum Gasteiger partial charge on any atom is 0.339 e. The van der Waals surface area contributed by atoms with Crippen molar-refractivity contribution in [2.24, 2.45) is 0 Å². The fourth-order valence-corrected chi connectivity index (χ4v) is 2.88. The highest BCUT2D eigenvalue weighted by molar-refractivity contribution is 5.99. The van der Waals surface area contributed by atoms with Gasteiger partial charge in [0, 0.05) is 17.9 Å². The molecule has 0 radical (unpaired) electrons. The van der Waals surface area contributed by atoms with E-state index in [-0.39, 0.29) is 34.2 Å². The minimum atomic E-state index is -1.27. The molecule has 0 aliphatic heterocycles. The minimum Gasteiger partial charge on any atom is -0.505 e. The number of ether oxygens (including phenoxy) is 1. The molecule has 0 saturated carbocycles. The molecule has 29 heavy (non-hydrogen) atoms. The number of anilines is 1. The second kappa shape index (κ2) is 7.51. The molecule has 0 unspecified atom stereocenters. The Kier molecular flexibility index (Phi) is 5.10. The van der Waals surface area contributed by atoms with Crippen LogP contribution in [0.15, 0.2) is 43.0 Å². The van der Waals surface area contributed by atoms with Crippen LogP contribution in [0.4, 0.5) is 5.69 Å². The lowest BCUT2D eigenvalue weighted by Gasteiger charge is -2.14. The number of hydrogen-bond acceptors (Lipinski definition) is 6. The molecule has 0 bridgehead atoms. The second-order valence-corrected chi connectivity index (χ2v) is 6.27. The molecule has 4 N–H and O–H groups in total. The molecule has 1 amide bonds. The Morgan fingerprint density at radius 3 is 2.41 bits per heavy atom. The highest BCUT2D eigenvalue weighted by Gasteiger charge is 2.17. The van der Waals surface area contributed by atoms with Crippen molar-refractivity contribution >= 4 is 34.0 Å². The van der Waals surface area contributed by atoms with E-state index in [1.807, 2.05) is 0 Å². The van der Waals surface area contributed by atoms with Crippen LogP contribution in [-0.2, 0) is 4.79 Å². The van der Waals surface area contributed by atoms with Gasteiger partial charge in [-0.1, -0.05) is 18.7 Å². The summed E-state index contributed by atoms with van der Waals surface area (Å²) in [6.45, 7) is 5.31. The van der Waals surface area contributed by atoms with E-state index in [0.717, 1.165) is 0 Å². The van der Waals surface area contributed by atoms with E-state index in [9.17, 15) is 24.9 Å². The summed E-state index contributed by atoms with van der Waals surface area (Å²) in [6, 6.07) is 9.25. The summed E-state index contributed by atoms with van der Waals surface area (Å²) in [5.74, 6) is -2.18. The van der Waals surface area contributed by atoms with E-state index in [0.29, 0.717) is 22.2 Å². The number of benzene rings is 2. The number of carbonyl (C=O) groups is 2. The van der Waals surface area contributed by atoms with Crippen molar-refractivity contribution in [1.82, 2.24) is 4.98 Å². The molecule has 0 spiro atoms. The molecule has 8 nitrogen and oxygen atoms in total. The number of pyridine rings is 1. The lowest BCUT2D eigenvalue weighted by atomic mass is 10.0. The third-order valence-electron chi connectivity index (χ3n) is 4.33. The van der Waals surface area contributed by atoms with Crippen LogP contribution in [0.1, 0.15) is 28.5 Å². The highest BCUT2D eigenvalue weighted by Crippen LogP contribution is 2.38. The molecule has 1 aromatic heterocycles. The first-order valence-corrected chi connectivity index (χ1v) is 8.47. The molecule has 0 fully saturated rings. The monoisotopic (exact) mass is 394 g/mol. The van der Waals surface area contributed by atoms with E-state index in [1.165, 1.54) is 32.2 Å². The lowest BCUT2D eigenvalue weighted by molar-refractivity contribution is -0.114. The Labute approximate surface area is 165 Å². The predicted molar refractivity (Wildman–Crippen MR) is 107 cm³/mol. The number of nitrogens with zero attached hydrogens (tertiary/aromatic N) is 1. The van der Waals surface area contributed by atoms with Gasteiger partial charge < -0.3 is 25.4 Å². The van der Waals surface area contributed by atoms with Gasteiger partial charge in [0.2, 0.25) is 5.91 Å². The number of fused-ring (bicyclic) bond motifs is 1. The molecular formula is C21H18N2O6. The maximum absolute atomic E-state index is 11.4. The third kappa shape index (κ3) is 3.68. The molecule has 0 saturated heterocycles. The zero-order valence-corrected chi connectivity index (χ0v) is 15.7. The van der Waals surface area contributed by atoms with Crippen molar-refractivity contribution in [1.29, 1.82) is 0 Å². The highest BCUT2D eigenvalue weighted by atomic mass is 16.5. The number of phenols is 2. The van der Waals surface area contributed by atoms with Crippen LogP contribution >= 0.6 is 0 Å². The van der Waals surface area contributed by atoms with E-state index in [2.05, 4.69) is 16.9 Å². The van der Waals surface area contributed by atoms with Gasteiger partial charge in [-0.05, 0) is 29.8 Å². The number of phenolic OH excluding ortho intramolecular Hbond substituents is 1. The van der Waals surface area contributed by atoms with E-state index < -0.39 is 11.7 Å². The van der Waals surface area contributed by atoms with Crippen LogP contribution in [0.5, 0.6) is 17.2 Å². The average Bonchev–Trinajstić information content (AvgIpc) is 2.68. The fraction of sp³-hybridized carbons (Fsp3) is 0.0952. The normalized spacial score (nSPS) is 10.6. The quantitative estimate of drug-likeness (QED) is 0.488. The predicted octanol–water partition coefficient (Wildman–Crippen LogP) is 3.37. The first-order chi connectivity index (χ1) is 13.7. The third-order valence-corrected chi connectivity index (χ3v) is 4.33. The Balaban J connectivity index is 2.12. The summed E-state index contributed by atoms with van der Waals surface area (Å²) < 4.78 is 5.16. The number of carbonyl (C=O) groups excluding carboxylic acids is 1. The number of methoxy groups -OCH3 is 1. The van der Waals surface area contributed by atoms with Crippen molar-refractivity contribution in [2.45, 2.75) is 6.92 Å². The van der Waals surface area contributed by atoms with Crippen molar-refractivity contribution in [3.8, 4) is 17.2 Å². The van der Waals surface area contributed by atoms with Gasteiger partial charge in [0.05, 0.1) is 18.5 Å². The van der Waals surface area contributed by atoms with Crippen LogP contribution in [-0.4, -0.2) is 39.3 Å². The van der Waals surface area contributed by atoms with Gasteiger partial charge in [0.25, 0.3) is 0 Å². The average molecular weight is 394 g/mol. The van der Waals surface area contributed by atoms with Crippen molar-refractivity contribution < 1.29 is 29.6 Å². The number of rotatable bonds is 5. The van der Waals surface area contributed by atoms with Crippen molar-refractivity contribution in [3.63, 3.8) is 0 Å². The van der Waals surface area contributed by atoms with Crippen molar-refractivity contribution in [2.75, 3.05) is 12.4 Å². The molecule has 3 aromatic rings. The first-order valence-electron chi connectivity index (χ1n) is 8.47. The van der Waals surface area contributed by atoms with E-state index in [4.69, 9.17) is 4.74 Å². The molecule has 1 heterocycles. The molecule has 2 aromatic carbocycles. The zero-order valence-electron chi connectivity index (χ0n) is 15.7. The minimum absolute atomic E-state index is 0.122. The zero-order chi connectivity index (χ0) is 21.3. The number of hydrogen-bond donors (Lipinski definition) is 4. The van der Waals surface area contributed by atoms with Crippen LogP contribution < -0.4 is 10.1 Å². The van der Waals surface area contributed by atoms with Gasteiger partial charge in [-0.25, -0.2) is 9.78 Å². The van der Waals surface area contributed by atoms with E-state index >= 15 is 0 Å². The molecule has 0 atom stereocenters. The Morgan fingerprint density at radius 1 is 1.10 bits per heavy atom. The molecular weight excluding hydrogens is 376 g/mol. The van der Waals surface area contributed by atoms with Gasteiger partial charge in [-0.3, -0.25) is 4.79 Å². The van der Waals surface area contributed by atoms with Gasteiger partial charge in [-0.2, -0.15) is 0 Å². The lowest BCUT2D eigenvalue weighted by Crippen LogP contribution is -2.07. The van der Waals surface area contributed by atoms with Gasteiger partial charge in [0.15, 0.2) is 17.2 Å². The van der Waals surface area contributed by atoms with Gasteiger partial charge in [-0.15, -0.1) is 0 Å². The smallest absolute Gasteiger partial charge is 0.339 e. The Hall–Kier alpha value is -4.07. The Bertz CT molecular complexity index is 1170. The van der Waals surface area contributed by atoms with Gasteiger partial charge >= 0.3 is 5.97 Å². The largest absolute Gasteiger partial charge is 0.505 e. The number of nitrogens with one attached hydrogen (secondary N) is 1. The molecule has 0 aliphatic carbocycles. The molecule has 148 valence electrons. The molecule has 8 heteroatoms. The van der Waals surface area contributed by atoms with Gasteiger partial charge in [0.1, 0.15) is 11.1 Å². The molecule has 0 aliphatic rings. The SMILES string of the molecule is C=C(c1cc(NC(C)=O)c(O)c(OC)c1)c1ccc2ccc(C(=O)O)c(O)c2n1. The second-order valence-electron chi connectivity index (χ2n) is 6.27. The van der Waals surface area contributed by atoms with Crippen LogP contribution in [0.25, 0.3) is 16.5 Å². The Morgan fingerprint density at radius 2 is 1.79 bits per heavy atom. The number of aromatic carboxylic acids is 1. The number of aromatic nitrogens is 1. The number of carboxylic acids is 1. The summed E-state index contributed by atoms with van der Waals surface area (Å²) in [7, 11) is 1.37. The van der Waals surface area contributed by atoms with Crippen LogP contribution in [0.3, 0.4) is 0 Å². The first kappa shape index (κ1) is 19.7. The maximum atomic E-state index is 11.4. The fourth-order valence-electron chi connectivity index (χ4n) is 2.88. The van der Waals surface area contributed by atoms with E-state index in [1.54, 1.807) is 18.2 Å². The number of amides is 1. The van der Waals surface area contributed by atoms with Crippen molar-refractivity contribution in [3.05, 3.63) is 59.8 Å².